The van der Waals surface area contributed by atoms with Gasteiger partial charge in [0.25, 0.3) is 0 Å². The Labute approximate surface area is 100 Å². The van der Waals surface area contributed by atoms with Crippen molar-refractivity contribution in [1.82, 2.24) is 0 Å². The minimum absolute atomic E-state index is 0.0233. The Hall–Kier alpha value is -1.39. The highest BCUT2D eigenvalue weighted by Crippen LogP contribution is 2.19. The first-order chi connectivity index (χ1) is 8.22. The smallest absolute Gasteiger partial charge is 0.194 e. The van der Waals surface area contributed by atoms with Gasteiger partial charge < -0.3 is 14.2 Å². The summed E-state index contributed by atoms with van der Waals surface area (Å²) in [6.45, 7) is 3.26. The summed E-state index contributed by atoms with van der Waals surface area (Å²) >= 11 is 0. The van der Waals surface area contributed by atoms with Crippen molar-refractivity contribution in [2.45, 2.75) is 13.0 Å². The first-order valence-electron chi connectivity index (χ1n) is 5.60. The molecule has 0 aromatic heterocycles. The maximum atomic E-state index is 12.2. The van der Waals surface area contributed by atoms with E-state index in [0.29, 0.717) is 25.4 Å². The van der Waals surface area contributed by atoms with Gasteiger partial charge in [0.2, 0.25) is 0 Å². The summed E-state index contributed by atoms with van der Waals surface area (Å²) in [7, 11) is 1.61. The third-order valence-corrected chi connectivity index (χ3v) is 2.81. The van der Waals surface area contributed by atoms with Crippen LogP contribution < -0.4 is 4.74 Å². The molecule has 4 nitrogen and oxygen atoms in total. The number of ketones is 1. The molecule has 1 aliphatic rings. The first-order valence-corrected chi connectivity index (χ1v) is 5.60. The van der Waals surface area contributed by atoms with E-state index in [1.165, 1.54) is 0 Å². The Morgan fingerprint density at radius 1 is 1.41 bits per heavy atom. The molecule has 0 amide bonds. The lowest BCUT2D eigenvalue weighted by Gasteiger charge is -2.22. The van der Waals surface area contributed by atoms with E-state index in [1.807, 2.05) is 13.0 Å². The van der Waals surface area contributed by atoms with E-state index in [2.05, 4.69) is 0 Å². The van der Waals surface area contributed by atoms with Crippen LogP contribution in [0.4, 0.5) is 0 Å². The average Bonchev–Trinajstić information content (AvgIpc) is 2.39. The number of carbonyl (C=O) groups is 1. The van der Waals surface area contributed by atoms with Crippen molar-refractivity contribution in [3.63, 3.8) is 0 Å². The molecule has 1 aliphatic heterocycles. The van der Waals surface area contributed by atoms with Crippen molar-refractivity contribution in [3.05, 3.63) is 29.3 Å². The fourth-order valence-electron chi connectivity index (χ4n) is 1.85. The molecule has 0 spiro atoms. The Bertz CT molecular complexity index is 408. The van der Waals surface area contributed by atoms with Crippen LogP contribution in [0.25, 0.3) is 0 Å². The number of Topliss-reactive ketones (excluding diaryl/α,β-unsaturated/α-hetero) is 1. The van der Waals surface area contributed by atoms with Crippen LogP contribution in [0.3, 0.4) is 0 Å². The number of hydrogen-bond donors (Lipinski definition) is 0. The van der Waals surface area contributed by atoms with Gasteiger partial charge >= 0.3 is 0 Å². The first kappa shape index (κ1) is 12.1. The van der Waals surface area contributed by atoms with Gasteiger partial charge in [0.1, 0.15) is 11.9 Å². The zero-order valence-electron chi connectivity index (χ0n) is 10.1. The van der Waals surface area contributed by atoms with Crippen LogP contribution in [0.15, 0.2) is 18.2 Å². The number of rotatable bonds is 3. The highest BCUT2D eigenvalue weighted by atomic mass is 16.6. The quantitative estimate of drug-likeness (QED) is 0.748. The van der Waals surface area contributed by atoms with E-state index in [9.17, 15) is 4.79 Å². The number of ether oxygens (including phenoxy) is 3. The standard InChI is InChI=1S/C13H16O4/c1-9-7-10(15-2)3-4-11(9)13(14)12-8-16-5-6-17-12/h3-4,7,12H,5-6,8H2,1-2H3. The molecule has 0 aliphatic carbocycles. The SMILES string of the molecule is COc1ccc(C(=O)C2COCCO2)c(C)c1. The molecule has 92 valence electrons. The predicted octanol–water partition coefficient (Wildman–Crippen LogP) is 1.60. The maximum absolute atomic E-state index is 12.2. The number of hydrogen-bond acceptors (Lipinski definition) is 4. The lowest BCUT2D eigenvalue weighted by atomic mass is 10.0. The Morgan fingerprint density at radius 2 is 2.24 bits per heavy atom. The molecule has 1 aromatic rings. The van der Waals surface area contributed by atoms with Crippen LogP contribution in [-0.4, -0.2) is 38.8 Å². The van der Waals surface area contributed by atoms with Crippen molar-refractivity contribution in [2.24, 2.45) is 0 Å². The van der Waals surface area contributed by atoms with Crippen LogP contribution in [-0.2, 0) is 9.47 Å². The summed E-state index contributed by atoms with van der Waals surface area (Å²) in [5.41, 5.74) is 1.56. The summed E-state index contributed by atoms with van der Waals surface area (Å²) < 4.78 is 15.7. The molecule has 1 heterocycles. The second-order valence-corrected chi connectivity index (χ2v) is 3.98. The van der Waals surface area contributed by atoms with Crippen LogP contribution in [0.2, 0.25) is 0 Å². The second-order valence-electron chi connectivity index (χ2n) is 3.98. The molecule has 0 radical (unpaired) electrons. The summed E-state index contributed by atoms with van der Waals surface area (Å²) in [4.78, 5) is 12.2. The summed E-state index contributed by atoms with van der Waals surface area (Å²) in [6.07, 6.45) is -0.476. The van der Waals surface area contributed by atoms with Crippen molar-refractivity contribution >= 4 is 5.78 Å². The van der Waals surface area contributed by atoms with E-state index >= 15 is 0 Å². The number of aryl methyl sites for hydroxylation is 1. The van der Waals surface area contributed by atoms with Gasteiger partial charge in [-0.05, 0) is 30.7 Å². The highest BCUT2D eigenvalue weighted by Gasteiger charge is 2.25. The molecule has 2 rings (SSSR count). The van der Waals surface area contributed by atoms with Gasteiger partial charge in [-0.2, -0.15) is 0 Å². The lowest BCUT2D eigenvalue weighted by Crippen LogP contribution is -2.35. The zero-order valence-corrected chi connectivity index (χ0v) is 10.1. The van der Waals surface area contributed by atoms with E-state index in [-0.39, 0.29) is 5.78 Å². The van der Waals surface area contributed by atoms with Gasteiger partial charge in [-0.25, -0.2) is 0 Å². The minimum Gasteiger partial charge on any atom is -0.497 e. The zero-order chi connectivity index (χ0) is 12.3. The van der Waals surface area contributed by atoms with Crippen molar-refractivity contribution in [2.75, 3.05) is 26.9 Å². The van der Waals surface area contributed by atoms with Crippen molar-refractivity contribution in [1.29, 1.82) is 0 Å². The van der Waals surface area contributed by atoms with Gasteiger partial charge in [0.05, 0.1) is 26.9 Å². The van der Waals surface area contributed by atoms with Crippen LogP contribution in [0.1, 0.15) is 15.9 Å². The minimum atomic E-state index is -0.476. The third kappa shape index (κ3) is 2.65. The molecule has 0 saturated carbocycles. The molecular formula is C13H16O4. The van der Waals surface area contributed by atoms with Crippen LogP contribution in [0.5, 0.6) is 5.75 Å². The van der Waals surface area contributed by atoms with Crippen molar-refractivity contribution in [3.8, 4) is 5.75 Å². The molecule has 1 atom stereocenters. The lowest BCUT2D eigenvalue weighted by molar-refractivity contribution is -0.0719. The van der Waals surface area contributed by atoms with E-state index in [1.54, 1.807) is 19.2 Å². The topological polar surface area (TPSA) is 44.8 Å². The molecule has 1 aromatic carbocycles. The maximum Gasteiger partial charge on any atom is 0.194 e. The average molecular weight is 236 g/mol. The molecule has 1 unspecified atom stereocenters. The fourth-order valence-corrected chi connectivity index (χ4v) is 1.85. The second kappa shape index (κ2) is 5.29. The molecular weight excluding hydrogens is 220 g/mol. The monoisotopic (exact) mass is 236 g/mol. The predicted molar refractivity (Wildman–Crippen MR) is 62.6 cm³/mol. The number of methoxy groups -OCH3 is 1. The number of carbonyl (C=O) groups excluding carboxylic acids is 1. The largest absolute Gasteiger partial charge is 0.497 e. The molecule has 4 heteroatoms. The van der Waals surface area contributed by atoms with Gasteiger partial charge in [-0.3, -0.25) is 4.79 Å². The van der Waals surface area contributed by atoms with Gasteiger partial charge in [0.15, 0.2) is 5.78 Å². The molecule has 1 saturated heterocycles. The van der Waals surface area contributed by atoms with Crippen LogP contribution in [0, 0.1) is 6.92 Å². The molecule has 0 N–H and O–H groups in total. The van der Waals surface area contributed by atoms with Gasteiger partial charge in [-0.1, -0.05) is 0 Å². The highest BCUT2D eigenvalue weighted by molar-refractivity contribution is 6.01. The summed E-state index contributed by atoms with van der Waals surface area (Å²) in [5.74, 6) is 0.727. The Kier molecular flexibility index (Phi) is 3.76. The van der Waals surface area contributed by atoms with E-state index < -0.39 is 6.10 Å². The Balaban J connectivity index is 2.18. The molecule has 0 bridgehead atoms. The third-order valence-electron chi connectivity index (χ3n) is 2.81. The summed E-state index contributed by atoms with van der Waals surface area (Å²) in [5, 5.41) is 0. The van der Waals surface area contributed by atoms with Crippen LogP contribution >= 0.6 is 0 Å². The van der Waals surface area contributed by atoms with E-state index in [4.69, 9.17) is 14.2 Å². The Morgan fingerprint density at radius 3 is 2.82 bits per heavy atom. The number of benzene rings is 1. The van der Waals surface area contributed by atoms with Crippen molar-refractivity contribution < 1.29 is 19.0 Å². The fraction of sp³-hybridized carbons (Fsp3) is 0.462. The summed E-state index contributed by atoms with van der Waals surface area (Å²) in [6, 6.07) is 5.40. The van der Waals surface area contributed by atoms with Gasteiger partial charge in [0, 0.05) is 5.56 Å². The van der Waals surface area contributed by atoms with Gasteiger partial charge in [-0.15, -0.1) is 0 Å². The molecule has 1 fully saturated rings. The normalized spacial score (nSPS) is 20.0. The molecule has 17 heavy (non-hydrogen) atoms. The van der Waals surface area contributed by atoms with E-state index in [0.717, 1.165) is 11.3 Å².